The number of hydrogen-bond donors (Lipinski definition) is 2. The molecule has 0 aliphatic carbocycles. The fourth-order valence-corrected chi connectivity index (χ4v) is 4.88. The van der Waals surface area contributed by atoms with Gasteiger partial charge >= 0.3 is 5.97 Å². The van der Waals surface area contributed by atoms with Crippen LogP contribution in [0.1, 0.15) is 41.5 Å². The van der Waals surface area contributed by atoms with E-state index in [2.05, 4.69) is 32.5 Å². The zero-order chi connectivity index (χ0) is 26.9. The Morgan fingerprint density at radius 2 is 1.92 bits per heavy atom. The fourth-order valence-electron chi connectivity index (χ4n) is 4.88. The number of benzene rings is 3. The molecule has 11 nitrogen and oxygen atoms in total. The first kappa shape index (κ1) is 24.2. The van der Waals surface area contributed by atoms with Gasteiger partial charge < -0.3 is 9.67 Å². The maximum Gasteiger partial charge on any atom is 0.337 e. The Balaban J connectivity index is 1.43. The zero-order valence-corrected chi connectivity index (χ0v) is 21.1. The molecule has 0 aliphatic heterocycles. The molecule has 6 rings (SSSR count). The minimum Gasteiger partial charge on any atom is -0.478 e. The highest BCUT2D eigenvalue weighted by Crippen LogP contribution is 2.25. The molecule has 6 aromatic rings. The number of aromatic amines is 1. The van der Waals surface area contributed by atoms with Gasteiger partial charge in [-0.25, -0.2) is 19.9 Å². The van der Waals surface area contributed by atoms with Gasteiger partial charge in [-0.1, -0.05) is 37.6 Å². The van der Waals surface area contributed by atoms with Gasteiger partial charge in [0.25, 0.3) is 5.56 Å². The number of carboxylic acids is 1. The molecular formula is C28H24N8O3. The molecule has 0 bridgehead atoms. The molecular weight excluding hydrogens is 496 g/mol. The number of H-pyrrole nitrogens is 1. The standard InChI is InChI=1S/C28H24N8O3/c1-2-3-11-24-30-21-9-6-8-20(28(38)39)25(21)35(24)15-17-12-13-18-22(14-17)29-16-36(27(18)37)23-10-5-4-7-19(23)26-31-33-34-32-26/h4-10,12-14,16H,2-3,11,15H2,1H3,(H,38,39)(H,31,32,33,34). The Labute approximate surface area is 221 Å². The summed E-state index contributed by atoms with van der Waals surface area (Å²) in [5.41, 5.74) is 3.94. The van der Waals surface area contributed by atoms with Crippen molar-refractivity contribution in [3.63, 3.8) is 0 Å². The molecule has 0 fully saturated rings. The molecule has 0 unspecified atom stereocenters. The molecule has 2 N–H and O–H groups in total. The van der Waals surface area contributed by atoms with Crippen molar-refractivity contribution in [2.24, 2.45) is 0 Å². The molecule has 0 amide bonds. The van der Waals surface area contributed by atoms with Crippen molar-refractivity contribution < 1.29 is 9.90 Å². The number of tetrazole rings is 1. The first-order valence-corrected chi connectivity index (χ1v) is 12.6. The van der Waals surface area contributed by atoms with Crippen molar-refractivity contribution in [1.82, 2.24) is 39.7 Å². The van der Waals surface area contributed by atoms with E-state index in [9.17, 15) is 14.7 Å². The summed E-state index contributed by atoms with van der Waals surface area (Å²) in [6, 6.07) is 18.0. The van der Waals surface area contributed by atoms with Crippen molar-refractivity contribution in [3.8, 4) is 17.1 Å². The summed E-state index contributed by atoms with van der Waals surface area (Å²) in [6.07, 6.45) is 4.17. The van der Waals surface area contributed by atoms with Crippen LogP contribution in [0.4, 0.5) is 0 Å². The van der Waals surface area contributed by atoms with Crippen LogP contribution in [0, 0.1) is 0 Å². The number of fused-ring (bicyclic) bond motifs is 2. The average Bonchev–Trinajstić information content (AvgIpc) is 3.61. The molecule has 3 aromatic heterocycles. The molecule has 3 aromatic carbocycles. The molecule has 0 saturated heterocycles. The van der Waals surface area contributed by atoms with E-state index in [1.54, 1.807) is 18.2 Å². The van der Waals surface area contributed by atoms with E-state index in [0.717, 1.165) is 30.7 Å². The number of aromatic carboxylic acids is 1. The molecule has 194 valence electrons. The van der Waals surface area contributed by atoms with Gasteiger partial charge in [-0.15, -0.1) is 5.10 Å². The summed E-state index contributed by atoms with van der Waals surface area (Å²) >= 11 is 0. The maximum atomic E-state index is 13.5. The molecule has 3 heterocycles. The topological polar surface area (TPSA) is 144 Å². The highest BCUT2D eigenvalue weighted by Gasteiger charge is 2.19. The van der Waals surface area contributed by atoms with Gasteiger partial charge in [0.1, 0.15) is 12.2 Å². The lowest BCUT2D eigenvalue weighted by Gasteiger charge is -2.13. The number of aromatic nitrogens is 8. The van der Waals surface area contributed by atoms with Gasteiger partial charge in [-0.3, -0.25) is 9.36 Å². The van der Waals surface area contributed by atoms with Crippen LogP contribution in [0.5, 0.6) is 0 Å². The second-order valence-corrected chi connectivity index (χ2v) is 9.23. The minimum absolute atomic E-state index is 0.213. The fraction of sp³-hybridized carbons (Fsp3) is 0.179. The summed E-state index contributed by atoms with van der Waals surface area (Å²) in [6.45, 7) is 2.51. The quantitative estimate of drug-likeness (QED) is 0.306. The van der Waals surface area contributed by atoms with E-state index in [-0.39, 0.29) is 11.1 Å². The highest BCUT2D eigenvalue weighted by molar-refractivity contribution is 6.01. The number of para-hydroxylation sites is 2. The number of nitrogens with zero attached hydrogens (tertiary/aromatic N) is 7. The van der Waals surface area contributed by atoms with Gasteiger partial charge in [0, 0.05) is 18.5 Å². The number of aryl methyl sites for hydroxylation is 1. The van der Waals surface area contributed by atoms with Crippen LogP contribution in [0.3, 0.4) is 0 Å². The van der Waals surface area contributed by atoms with Crippen molar-refractivity contribution >= 4 is 27.9 Å². The van der Waals surface area contributed by atoms with E-state index in [1.807, 2.05) is 47.0 Å². The zero-order valence-electron chi connectivity index (χ0n) is 21.1. The Morgan fingerprint density at radius 3 is 2.72 bits per heavy atom. The van der Waals surface area contributed by atoms with Crippen LogP contribution >= 0.6 is 0 Å². The van der Waals surface area contributed by atoms with Gasteiger partial charge in [0.15, 0.2) is 5.82 Å². The minimum atomic E-state index is -0.995. The monoisotopic (exact) mass is 520 g/mol. The van der Waals surface area contributed by atoms with Crippen LogP contribution in [0.2, 0.25) is 0 Å². The third kappa shape index (κ3) is 4.33. The average molecular weight is 521 g/mol. The van der Waals surface area contributed by atoms with E-state index < -0.39 is 5.97 Å². The SMILES string of the molecule is CCCCc1nc2cccc(C(=O)O)c2n1Cc1ccc2c(=O)n(-c3ccccc3-c3nnn[nH]3)cnc2c1. The van der Waals surface area contributed by atoms with Crippen LogP contribution in [0.25, 0.3) is 39.0 Å². The summed E-state index contributed by atoms with van der Waals surface area (Å²) < 4.78 is 3.45. The normalized spacial score (nSPS) is 11.4. The predicted octanol–water partition coefficient (Wildman–Crippen LogP) is 4.00. The van der Waals surface area contributed by atoms with Crippen LogP contribution < -0.4 is 5.56 Å². The van der Waals surface area contributed by atoms with Crippen molar-refractivity contribution in [3.05, 3.63) is 94.3 Å². The smallest absolute Gasteiger partial charge is 0.337 e. The maximum absolute atomic E-state index is 13.5. The van der Waals surface area contributed by atoms with Crippen LogP contribution in [-0.2, 0) is 13.0 Å². The predicted molar refractivity (Wildman–Crippen MR) is 145 cm³/mol. The van der Waals surface area contributed by atoms with E-state index in [4.69, 9.17) is 4.98 Å². The first-order valence-electron chi connectivity index (χ1n) is 12.6. The van der Waals surface area contributed by atoms with Crippen LogP contribution in [0.15, 0.2) is 71.8 Å². The van der Waals surface area contributed by atoms with Crippen molar-refractivity contribution in [2.75, 3.05) is 0 Å². The summed E-state index contributed by atoms with van der Waals surface area (Å²) in [4.78, 5) is 34.9. The lowest BCUT2D eigenvalue weighted by molar-refractivity contribution is 0.0698. The number of carbonyl (C=O) groups is 1. The largest absolute Gasteiger partial charge is 0.478 e. The third-order valence-electron chi connectivity index (χ3n) is 6.76. The second-order valence-electron chi connectivity index (χ2n) is 9.23. The lowest BCUT2D eigenvalue weighted by atomic mass is 10.1. The number of carboxylic acid groups (broad SMARTS) is 1. The van der Waals surface area contributed by atoms with E-state index in [1.165, 1.54) is 10.9 Å². The number of rotatable bonds is 8. The molecule has 0 spiro atoms. The number of hydrogen-bond acceptors (Lipinski definition) is 7. The Bertz CT molecular complexity index is 1890. The van der Waals surface area contributed by atoms with Crippen molar-refractivity contribution in [1.29, 1.82) is 0 Å². The molecule has 0 atom stereocenters. The molecule has 0 radical (unpaired) electrons. The molecule has 11 heteroatoms. The molecule has 0 aliphatic rings. The third-order valence-corrected chi connectivity index (χ3v) is 6.76. The summed E-state index contributed by atoms with van der Waals surface area (Å²) in [7, 11) is 0. The van der Waals surface area contributed by atoms with Gasteiger partial charge in [0.2, 0.25) is 0 Å². The first-order chi connectivity index (χ1) is 19.0. The Kier molecular flexibility index (Phi) is 6.16. The molecule has 39 heavy (non-hydrogen) atoms. The summed E-state index contributed by atoms with van der Waals surface area (Å²) in [5.74, 6) is 0.286. The van der Waals surface area contributed by atoms with Gasteiger partial charge in [0.05, 0.1) is 33.2 Å². The van der Waals surface area contributed by atoms with E-state index in [0.29, 0.717) is 45.6 Å². The lowest BCUT2D eigenvalue weighted by Crippen LogP contribution is -2.19. The summed E-state index contributed by atoms with van der Waals surface area (Å²) in [5, 5.41) is 24.3. The van der Waals surface area contributed by atoms with Gasteiger partial charge in [-0.05, 0) is 58.8 Å². The van der Waals surface area contributed by atoms with Crippen molar-refractivity contribution in [2.45, 2.75) is 32.7 Å². The van der Waals surface area contributed by atoms with E-state index >= 15 is 0 Å². The molecule has 0 saturated carbocycles. The Hall–Kier alpha value is -5.19. The highest BCUT2D eigenvalue weighted by atomic mass is 16.4. The van der Waals surface area contributed by atoms with Crippen LogP contribution in [-0.4, -0.2) is 50.8 Å². The van der Waals surface area contributed by atoms with Gasteiger partial charge in [-0.2, -0.15) is 0 Å². The second kappa shape index (κ2) is 9.93. The number of nitrogens with one attached hydrogen (secondary N) is 1. The number of unbranched alkanes of at least 4 members (excludes halogenated alkanes) is 1. The Morgan fingerprint density at radius 1 is 1.05 bits per heavy atom. The number of imidazole rings is 1.